The predicted octanol–water partition coefficient (Wildman–Crippen LogP) is 5.57. The van der Waals surface area contributed by atoms with Crippen molar-refractivity contribution in [1.29, 1.82) is 0 Å². The topological polar surface area (TPSA) is 69.3 Å². The summed E-state index contributed by atoms with van der Waals surface area (Å²) >= 11 is 6.04. The highest BCUT2D eigenvalue weighted by Crippen LogP contribution is 2.18. The van der Waals surface area contributed by atoms with E-state index in [1.165, 1.54) is 10.9 Å². The third-order valence-corrected chi connectivity index (χ3v) is 5.28. The molecule has 5 nitrogen and oxygen atoms in total. The van der Waals surface area contributed by atoms with Crippen molar-refractivity contribution in [3.8, 4) is 0 Å². The number of hydrogen-bond acceptors (Lipinski definition) is 2. The number of hydrogen-bond donors (Lipinski definition) is 3. The van der Waals surface area contributed by atoms with Crippen LogP contribution in [0.15, 0.2) is 84.0 Å². The van der Waals surface area contributed by atoms with Crippen molar-refractivity contribution in [1.82, 2.24) is 10.3 Å². The van der Waals surface area contributed by atoms with Gasteiger partial charge in [-0.05, 0) is 54.8 Å². The van der Waals surface area contributed by atoms with Crippen LogP contribution in [0.3, 0.4) is 0 Å². The highest BCUT2D eigenvalue weighted by molar-refractivity contribution is 6.31. The number of aryl methyl sites for hydroxylation is 1. The van der Waals surface area contributed by atoms with Gasteiger partial charge in [-0.15, -0.1) is 0 Å². The first-order valence-corrected chi connectivity index (χ1v) is 10.5. The van der Waals surface area contributed by atoms with E-state index in [0.717, 1.165) is 23.2 Å². The number of fused-ring (bicyclic) bond motifs is 1. The molecule has 1 heterocycles. The van der Waals surface area contributed by atoms with Crippen molar-refractivity contribution in [2.45, 2.75) is 13.3 Å². The fourth-order valence-electron chi connectivity index (χ4n) is 3.39. The van der Waals surface area contributed by atoms with Crippen molar-refractivity contribution in [3.05, 3.63) is 101 Å². The SMILES string of the molecule is Cc1ccccc1NC(=NCCc1c[nH]c2ccccc12)NC(=O)c1cccc(Cl)c1. The van der Waals surface area contributed by atoms with Crippen molar-refractivity contribution >= 4 is 40.1 Å². The monoisotopic (exact) mass is 430 g/mol. The molecule has 0 aliphatic heterocycles. The summed E-state index contributed by atoms with van der Waals surface area (Å²) in [4.78, 5) is 20.7. The van der Waals surface area contributed by atoms with Crippen LogP contribution >= 0.6 is 11.6 Å². The zero-order chi connectivity index (χ0) is 21.6. The predicted molar refractivity (Wildman–Crippen MR) is 128 cm³/mol. The lowest BCUT2D eigenvalue weighted by molar-refractivity contribution is 0.0977. The quantitative estimate of drug-likeness (QED) is 0.286. The molecule has 0 aliphatic rings. The molecule has 0 saturated heterocycles. The molecule has 0 spiro atoms. The van der Waals surface area contributed by atoms with Crippen molar-refractivity contribution < 1.29 is 4.79 Å². The van der Waals surface area contributed by atoms with Gasteiger partial charge in [0.05, 0.1) is 0 Å². The molecule has 4 rings (SSSR count). The minimum absolute atomic E-state index is 0.269. The number of benzene rings is 3. The van der Waals surface area contributed by atoms with Crippen LogP contribution in [-0.2, 0) is 6.42 Å². The molecular formula is C25H23ClN4O. The second kappa shape index (κ2) is 9.49. The molecule has 6 heteroatoms. The molecule has 156 valence electrons. The smallest absolute Gasteiger partial charge is 0.258 e. The van der Waals surface area contributed by atoms with Crippen LogP contribution in [0.2, 0.25) is 5.02 Å². The van der Waals surface area contributed by atoms with Crippen molar-refractivity contribution in [2.24, 2.45) is 4.99 Å². The van der Waals surface area contributed by atoms with Gasteiger partial charge in [0.1, 0.15) is 0 Å². The Morgan fingerprint density at radius 3 is 2.68 bits per heavy atom. The molecule has 0 unspecified atom stereocenters. The minimum atomic E-state index is -0.269. The molecule has 3 aromatic carbocycles. The van der Waals surface area contributed by atoms with Gasteiger partial charge < -0.3 is 10.3 Å². The summed E-state index contributed by atoms with van der Waals surface area (Å²) in [7, 11) is 0. The van der Waals surface area contributed by atoms with Crippen molar-refractivity contribution in [3.63, 3.8) is 0 Å². The molecule has 4 aromatic rings. The number of nitrogens with one attached hydrogen (secondary N) is 3. The van der Waals surface area contributed by atoms with Crippen LogP contribution in [0.4, 0.5) is 5.69 Å². The summed E-state index contributed by atoms with van der Waals surface area (Å²) in [5, 5.41) is 7.84. The first-order chi connectivity index (χ1) is 15.1. The number of para-hydroxylation sites is 2. The molecule has 1 aromatic heterocycles. The van der Waals surface area contributed by atoms with Crippen LogP contribution in [-0.4, -0.2) is 23.4 Å². The van der Waals surface area contributed by atoms with E-state index in [9.17, 15) is 4.79 Å². The van der Waals surface area contributed by atoms with Crippen LogP contribution in [0, 0.1) is 6.92 Å². The fraction of sp³-hybridized carbons (Fsp3) is 0.120. The Bertz CT molecular complexity index is 1250. The number of carbonyl (C=O) groups excluding carboxylic acids is 1. The molecule has 1 amide bonds. The number of rotatable bonds is 5. The molecule has 0 fully saturated rings. The standard InChI is InChI=1S/C25H23ClN4O/c1-17-7-2-4-11-22(17)29-25(30-24(31)18-8-6-9-20(26)15-18)27-14-13-19-16-28-23-12-5-3-10-21(19)23/h2-12,15-16,28H,13-14H2,1H3,(H2,27,29,30,31). The van der Waals surface area contributed by atoms with Gasteiger partial charge in [-0.1, -0.05) is 54.1 Å². The zero-order valence-electron chi connectivity index (χ0n) is 17.2. The zero-order valence-corrected chi connectivity index (χ0v) is 17.9. The highest BCUT2D eigenvalue weighted by Gasteiger charge is 2.11. The van der Waals surface area contributed by atoms with Gasteiger partial charge in [-0.2, -0.15) is 0 Å². The Morgan fingerprint density at radius 2 is 1.84 bits per heavy atom. The van der Waals surface area contributed by atoms with Crippen molar-refractivity contribution in [2.75, 3.05) is 11.9 Å². The van der Waals surface area contributed by atoms with Gasteiger partial charge in [0.25, 0.3) is 5.91 Å². The Balaban J connectivity index is 1.53. The third-order valence-electron chi connectivity index (χ3n) is 5.04. The first kappa shape index (κ1) is 20.7. The fourth-order valence-corrected chi connectivity index (χ4v) is 3.58. The lowest BCUT2D eigenvalue weighted by atomic mass is 10.1. The Hall–Kier alpha value is -3.57. The number of H-pyrrole nitrogens is 1. The second-order valence-electron chi connectivity index (χ2n) is 7.24. The van der Waals surface area contributed by atoms with Gasteiger partial charge in [0.2, 0.25) is 5.96 Å². The summed E-state index contributed by atoms with van der Waals surface area (Å²) in [6, 6.07) is 22.9. The van der Waals surface area contributed by atoms with E-state index in [-0.39, 0.29) is 5.91 Å². The van der Waals surface area contributed by atoms with Gasteiger partial charge >= 0.3 is 0 Å². The van der Waals surface area contributed by atoms with E-state index in [4.69, 9.17) is 11.6 Å². The first-order valence-electron chi connectivity index (χ1n) is 10.1. The molecule has 0 bridgehead atoms. The lowest BCUT2D eigenvalue weighted by Gasteiger charge is -2.13. The van der Waals surface area contributed by atoms with Crippen LogP contribution in [0.25, 0.3) is 10.9 Å². The van der Waals surface area contributed by atoms with E-state index in [2.05, 4.69) is 32.7 Å². The largest absolute Gasteiger partial charge is 0.361 e. The average Bonchev–Trinajstić information content (AvgIpc) is 3.18. The summed E-state index contributed by atoms with van der Waals surface area (Å²) < 4.78 is 0. The van der Waals surface area contributed by atoms with E-state index in [0.29, 0.717) is 23.1 Å². The van der Waals surface area contributed by atoms with Crippen LogP contribution in [0.5, 0.6) is 0 Å². The molecule has 3 N–H and O–H groups in total. The van der Waals surface area contributed by atoms with Crippen LogP contribution < -0.4 is 10.6 Å². The van der Waals surface area contributed by atoms with E-state index in [1.54, 1.807) is 24.3 Å². The maximum atomic E-state index is 12.8. The third kappa shape index (κ3) is 5.13. The normalized spacial score (nSPS) is 11.5. The van der Waals surface area contributed by atoms with E-state index in [1.807, 2.05) is 49.5 Å². The van der Waals surface area contributed by atoms with Gasteiger partial charge in [-0.25, -0.2) is 0 Å². The average molecular weight is 431 g/mol. The van der Waals surface area contributed by atoms with E-state index >= 15 is 0 Å². The summed E-state index contributed by atoms with van der Waals surface area (Å²) in [6.45, 7) is 2.52. The van der Waals surface area contributed by atoms with Gasteiger partial charge in [-0.3, -0.25) is 15.1 Å². The Labute approximate surface area is 186 Å². The molecule has 0 atom stereocenters. The summed E-state index contributed by atoms with van der Waals surface area (Å²) in [6.07, 6.45) is 2.76. The number of nitrogens with zero attached hydrogens (tertiary/aromatic N) is 1. The lowest BCUT2D eigenvalue weighted by Crippen LogP contribution is -2.36. The highest BCUT2D eigenvalue weighted by atomic mass is 35.5. The number of carbonyl (C=O) groups is 1. The summed E-state index contributed by atoms with van der Waals surface area (Å²) in [5.74, 6) is 0.133. The molecule has 0 saturated carbocycles. The number of halogens is 1. The molecular weight excluding hydrogens is 408 g/mol. The van der Waals surface area contributed by atoms with Gasteiger partial charge in [0, 0.05) is 39.9 Å². The van der Waals surface area contributed by atoms with Crippen LogP contribution in [0.1, 0.15) is 21.5 Å². The molecule has 0 radical (unpaired) electrons. The number of aromatic amines is 1. The Kier molecular flexibility index (Phi) is 6.34. The maximum Gasteiger partial charge on any atom is 0.258 e. The molecule has 0 aliphatic carbocycles. The Morgan fingerprint density at radius 1 is 1.03 bits per heavy atom. The second-order valence-corrected chi connectivity index (χ2v) is 7.68. The summed E-state index contributed by atoms with van der Waals surface area (Å²) in [5.41, 5.74) is 4.72. The number of aliphatic imine (C=N–C) groups is 1. The number of aromatic nitrogens is 1. The maximum absolute atomic E-state index is 12.8. The molecule has 31 heavy (non-hydrogen) atoms. The minimum Gasteiger partial charge on any atom is -0.361 e. The van der Waals surface area contributed by atoms with E-state index < -0.39 is 0 Å². The van der Waals surface area contributed by atoms with Gasteiger partial charge in [0.15, 0.2) is 0 Å². The number of amides is 1. The number of guanidine groups is 1. The number of anilines is 1.